The average Bonchev–Trinajstić information content (AvgIpc) is 2.81. The number of fused-ring (bicyclic) bond motifs is 1. The van der Waals surface area contributed by atoms with Gasteiger partial charge in [0.25, 0.3) is 5.91 Å². The summed E-state index contributed by atoms with van der Waals surface area (Å²) in [7, 11) is 0. The Kier molecular flexibility index (Phi) is 2.79. The lowest BCUT2D eigenvalue weighted by atomic mass is 10.1. The lowest BCUT2D eigenvalue weighted by molar-refractivity contribution is 0.0996. The second-order valence-electron chi connectivity index (χ2n) is 4.02. The first-order valence-corrected chi connectivity index (χ1v) is 6.35. The lowest BCUT2D eigenvalue weighted by Gasteiger charge is -2.01. The molecule has 0 saturated carbocycles. The Morgan fingerprint density at radius 2 is 2.11 bits per heavy atom. The molecule has 0 saturated heterocycles. The van der Waals surface area contributed by atoms with Crippen molar-refractivity contribution in [3.05, 3.63) is 52.8 Å². The van der Waals surface area contributed by atoms with Gasteiger partial charge >= 0.3 is 0 Å². The van der Waals surface area contributed by atoms with Crippen molar-refractivity contribution in [3.8, 4) is 11.3 Å². The van der Waals surface area contributed by atoms with Crippen molar-refractivity contribution < 1.29 is 4.79 Å². The normalized spacial score (nSPS) is 10.8. The van der Waals surface area contributed by atoms with E-state index in [1.165, 1.54) is 6.20 Å². The quantitative estimate of drug-likeness (QED) is 0.788. The molecule has 2 N–H and O–H groups in total. The van der Waals surface area contributed by atoms with E-state index in [-0.39, 0.29) is 5.69 Å². The number of hydrogen-bond acceptors (Lipinski definition) is 3. The molecule has 6 heteroatoms. The van der Waals surface area contributed by atoms with E-state index in [1.807, 2.05) is 30.3 Å². The highest BCUT2D eigenvalue weighted by Crippen LogP contribution is 2.21. The lowest BCUT2D eigenvalue weighted by Crippen LogP contribution is -2.10. The Bertz CT molecular complexity index is 781. The number of carbonyl (C=O) groups excluding carboxylic acids is 1. The fraction of sp³-hybridized carbons (Fsp3) is 0. The van der Waals surface area contributed by atoms with Gasteiger partial charge in [-0.05, 0) is 24.3 Å². The van der Waals surface area contributed by atoms with Crippen molar-refractivity contribution in [3.63, 3.8) is 0 Å². The van der Waals surface area contributed by atoms with Gasteiger partial charge in [0, 0.05) is 10.0 Å². The van der Waals surface area contributed by atoms with E-state index < -0.39 is 5.91 Å². The molecule has 5 nitrogen and oxygen atoms in total. The van der Waals surface area contributed by atoms with E-state index in [0.29, 0.717) is 5.65 Å². The summed E-state index contributed by atoms with van der Waals surface area (Å²) in [5, 5.41) is 4.42. The van der Waals surface area contributed by atoms with Gasteiger partial charge in [-0.3, -0.25) is 4.79 Å². The number of nitrogens with zero attached hydrogens (tertiary/aromatic N) is 3. The second-order valence-corrected chi connectivity index (χ2v) is 4.94. The zero-order valence-corrected chi connectivity index (χ0v) is 11.3. The predicted octanol–water partition coefficient (Wildman–Crippen LogP) is 2.26. The summed E-state index contributed by atoms with van der Waals surface area (Å²) in [6.45, 7) is 0. The molecular weight excluding hydrogens is 308 g/mol. The van der Waals surface area contributed by atoms with E-state index in [4.69, 9.17) is 5.73 Å². The highest BCUT2D eigenvalue weighted by Gasteiger charge is 2.08. The molecule has 0 radical (unpaired) electrons. The molecule has 3 aromatic rings. The number of nitrogens with two attached hydrogens (primary N) is 1. The summed E-state index contributed by atoms with van der Waals surface area (Å²) in [5.74, 6) is -0.561. The van der Waals surface area contributed by atoms with Gasteiger partial charge in [0.05, 0.1) is 11.9 Å². The summed E-state index contributed by atoms with van der Waals surface area (Å²) < 4.78 is 2.53. The highest BCUT2D eigenvalue weighted by atomic mass is 79.9. The number of halogens is 1. The number of rotatable bonds is 2. The van der Waals surface area contributed by atoms with Gasteiger partial charge in [0.2, 0.25) is 0 Å². The van der Waals surface area contributed by atoms with Crippen molar-refractivity contribution in [2.75, 3.05) is 0 Å². The van der Waals surface area contributed by atoms with Crippen molar-refractivity contribution >= 4 is 27.5 Å². The molecule has 0 atom stereocenters. The van der Waals surface area contributed by atoms with Crippen LogP contribution in [-0.4, -0.2) is 20.5 Å². The predicted molar refractivity (Wildman–Crippen MR) is 74.6 cm³/mol. The Morgan fingerprint density at radius 1 is 1.26 bits per heavy atom. The zero-order valence-electron chi connectivity index (χ0n) is 9.75. The molecule has 19 heavy (non-hydrogen) atoms. The minimum Gasteiger partial charge on any atom is -0.364 e. The molecule has 0 aliphatic carbocycles. The van der Waals surface area contributed by atoms with Crippen LogP contribution in [0, 0.1) is 0 Å². The van der Waals surface area contributed by atoms with Gasteiger partial charge in [-0.1, -0.05) is 28.1 Å². The third-order valence-corrected chi connectivity index (χ3v) is 3.19. The SMILES string of the molecule is NC(=O)c1cn2nc(-c3cccc(Br)c3)ccc2n1. The number of benzene rings is 1. The minimum absolute atomic E-state index is 0.207. The van der Waals surface area contributed by atoms with Crippen LogP contribution in [0.15, 0.2) is 47.1 Å². The number of amides is 1. The van der Waals surface area contributed by atoms with Crippen LogP contribution >= 0.6 is 15.9 Å². The van der Waals surface area contributed by atoms with Gasteiger partial charge in [-0.15, -0.1) is 0 Å². The summed E-state index contributed by atoms with van der Waals surface area (Å²) in [6.07, 6.45) is 1.53. The maximum Gasteiger partial charge on any atom is 0.268 e. The van der Waals surface area contributed by atoms with Crippen molar-refractivity contribution in [2.45, 2.75) is 0 Å². The minimum atomic E-state index is -0.561. The van der Waals surface area contributed by atoms with E-state index in [2.05, 4.69) is 26.0 Å². The maximum absolute atomic E-state index is 11.1. The molecule has 94 valence electrons. The Morgan fingerprint density at radius 3 is 2.84 bits per heavy atom. The number of imidazole rings is 1. The number of primary amides is 1. The molecule has 0 unspecified atom stereocenters. The van der Waals surface area contributed by atoms with Crippen LogP contribution < -0.4 is 5.73 Å². The van der Waals surface area contributed by atoms with Crippen molar-refractivity contribution in [1.82, 2.24) is 14.6 Å². The molecule has 2 aromatic heterocycles. The number of aromatic nitrogens is 3. The molecule has 0 spiro atoms. The highest BCUT2D eigenvalue weighted by molar-refractivity contribution is 9.10. The van der Waals surface area contributed by atoms with Crippen LogP contribution in [0.2, 0.25) is 0 Å². The molecule has 1 amide bonds. The van der Waals surface area contributed by atoms with Gasteiger partial charge < -0.3 is 5.73 Å². The maximum atomic E-state index is 11.1. The summed E-state index contributed by atoms with van der Waals surface area (Å²) in [6, 6.07) is 11.5. The number of hydrogen-bond donors (Lipinski definition) is 1. The standard InChI is InChI=1S/C13H9BrN4O/c14-9-3-1-2-8(6-9)10-4-5-12-16-11(13(15)19)7-18(12)17-10/h1-7H,(H2,15,19). The van der Waals surface area contributed by atoms with Gasteiger partial charge in [-0.25, -0.2) is 9.50 Å². The van der Waals surface area contributed by atoms with E-state index in [9.17, 15) is 4.79 Å². The van der Waals surface area contributed by atoms with Crippen LogP contribution in [0.1, 0.15) is 10.5 Å². The van der Waals surface area contributed by atoms with Crippen LogP contribution in [0.3, 0.4) is 0 Å². The van der Waals surface area contributed by atoms with Crippen LogP contribution in [0.4, 0.5) is 0 Å². The Hall–Kier alpha value is -2.21. The summed E-state index contributed by atoms with van der Waals surface area (Å²) >= 11 is 3.42. The smallest absolute Gasteiger partial charge is 0.268 e. The van der Waals surface area contributed by atoms with Gasteiger partial charge in [0.15, 0.2) is 5.65 Å². The molecule has 0 aliphatic rings. The molecule has 3 rings (SSSR count). The molecule has 0 aliphatic heterocycles. The van der Waals surface area contributed by atoms with Crippen LogP contribution in [0.5, 0.6) is 0 Å². The fourth-order valence-electron chi connectivity index (χ4n) is 1.80. The second kappa shape index (κ2) is 4.47. The Labute approximate surface area is 117 Å². The summed E-state index contributed by atoms with van der Waals surface area (Å²) in [4.78, 5) is 15.2. The van der Waals surface area contributed by atoms with E-state index in [0.717, 1.165) is 15.7 Å². The molecule has 1 aromatic carbocycles. The van der Waals surface area contributed by atoms with Crippen LogP contribution in [0.25, 0.3) is 16.9 Å². The summed E-state index contributed by atoms with van der Waals surface area (Å²) in [5.41, 5.74) is 7.77. The molecule has 2 heterocycles. The largest absolute Gasteiger partial charge is 0.364 e. The molecule has 0 fully saturated rings. The van der Waals surface area contributed by atoms with Crippen molar-refractivity contribution in [2.24, 2.45) is 5.73 Å². The topological polar surface area (TPSA) is 73.3 Å². The first kappa shape index (κ1) is 11.9. The first-order chi connectivity index (χ1) is 9.13. The third kappa shape index (κ3) is 2.22. The first-order valence-electron chi connectivity index (χ1n) is 5.56. The monoisotopic (exact) mass is 316 g/mol. The average molecular weight is 317 g/mol. The van der Waals surface area contributed by atoms with Gasteiger partial charge in [0.1, 0.15) is 5.69 Å². The fourth-order valence-corrected chi connectivity index (χ4v) is 2.20. The number of carbonyl (C=O) groups is 1. The van der Waals surface area contributed by atoms with Crippen LogP contribution in [-0.2, 0) is 0 Å². The van der Waals surface area contributed by atoms with Gasteiger partial charge in [-0.2, -0.15) is 5.10 Å². The van der Waals surface area contributed by atoms with E-state index >= 15 is 0 Å². The van der Waals surface area contributed by atoms with Crippen molar-refractivity contribution in [1.29, 1.82) is 0 Å². The van der Waals surface area contributed by atoms with E-state index in [1.54, 1.807) is 10.6 Å². The molecular formula is C13H9BrN4O. The molecule has 0 bridgehead atoms. The zero-order chi connectivity index (χ0) is 13.4. The Balaban J connectivity index is 2.13. The third-order valence-electron chi connectivity index (χ3n) is 2.69.